The molecule has 1 atom stereocenters. The Morgan fingerprint density at radius 2 is 2.04 bits per heavy atom. The highest BCUT2D eigenvalue weighted by Gasteiger charge is 2.30. The van der Waals surface area contributed by atoms with E-state index in [1.807, 2.05) is 17.3 Å². The summed E-state index contributed by atoms with van der Waals surface area (Å²) in [7, 11) is 0. The molecule has 5 rings (SSSR count). The summed E-state index contributed by atoms with van der Waals surface area (Å²) < 4.78 is 1.68. The summed E-state index contributed by atoms with van der Waals surface area (Å²) in [5, 5.41) is 9.73. The second-order valence-corrected chi connectivity index (χ2v) is 7.15. The lowest BCUT2D eigenvalue weighted by Gasteiger charge is -2.44. The monoisotopic (exact) mass is 365 g/mol. The van der Waals surface area contributed by atoms with E-state index in [1.165, 1.54) is 25.8 Å². The van der Waals surface area contributed by atoms with Gasteiger partial charge in [-0.2, -0.15) is 0 Å². The maximum absolute atomic E-state index is 4.53. The highest BCUT2D eigenvalue weighted by atomic mass is 15.6. The second kappa shape index (κ2) is 6.66. The molecule has 0 radical (unpaired) electrons. The fourth-order valence-electron chi connectivity index (χ4n) is 4.14. The summed E-state index contributed by atoms with van der Waals surface area (Å²) >= 11 is 0. The lowest BCUT2D eigenvalue weighted by Crippen LogP contribution is -2.55. The number of fused-ring (bicyclic) bond motifs is 1. The van der Waals surface area contributed by atoms with Crippen molar-refractivity contribution in [1.82, 2.24) is 35.3 Å². The Balaban J connectivity index is 1.33. The minimum atomic E-state index is 0.645. The van der Waals surface area contributed by atoms with Crippen LogP contribution in [0.2, 0.25) is 0 Å². The first-order chi connectivity index (χ1) is 13.3. The molecule has 0 spiro atoms. The van der Waals surface area contributed by atoms with Gasteiger partial charge in [-0.05, 0) is 19.4 Å². The second-order valence-electron chi connectivity index (χ2n) is 7.15. The van der Waals surface area contributed by atoms with E-state index in [4.69, 9.17) is 0 Å². The minimum Gasteiger partial charge on any atom is -0.354 e. The summed E-state index contributed by atoms with van der Waals surface area (Å²) in [6, 6.07) is 2.67. The van der Waals surface area contributed by atoms with Crippen molar-refractivity contribution in [3.05, 3.63) is 43.3 Å². The highest BCUT2D eigenvalue weighted by Crippen LogP contribution is 2.29. The van der Waals surface area contributed by atoms with Crippen LogP contribution in [0.25, 0.3) is 5.70 Å². The number of aromatic nitrogens is 5. The largest absolute Gasteiger partial charge is 0.354 e. The van der Waals surface area contributed by atoms with Gasteiger partial charge < -0.3 is 4.90 Å². The summed E-state index contributed by atoms with van der Waals surface area (Å²) in [6.07, 6.45) is 10.8. The molecule has 2 aromatic heterocycles. The van der Waals surface area contributed by atoms with Crippen molar-refractivity contribution in [2.75, 3.05) is 36.1 Å². The van der Waals surface area contributed by atoms with Crippen LogP contribution in [-0.4, -0.2) is 62.1 Å². The molecule has 5 heterocycles. The van der Waals surface area contributed by atoms with E-state index in [1.54, 1.807) is 23.4 Å². The van der Waals surface area contributed by atoms with Gasteiger partial charge in [-0.25, -0.2) is 19.7 Å². The molecule has 9 heteroatoms. The Labute approximate surface area is 158 Å². The number of hydrogen-bond acceptors (Lipinski definition) is 8. The molecule has 3 aliphatic rings. The van der Waals surface area contributed by atoms with E-state index in [0.29, 0.717) is 6.04 Å². The maximum Gasteiger partial charge on any atom is 0.157 e. The first kappa shape index (κ1) is 16.2. The first-order valence-corrected chi connectivity index (χ1v) is 9.43. The molecular formula is C18H23N9. The van der Waals surface area contributed by atoms with Crippen molar-refractivity contribution in [3.8, 4) is 0 Å². The Hall–Kier alpha value is -2.94. The molecule has 0 amide bonds. The van der Waals surface area contributed by atoms with Crippen molar-refractivity contribution in [3.63, 3.8) is 0 Å². The van der Waals surface area contributed by atoms with Crippen LogP contribution in [-0.2, 0) is 0 Å². The molecule has 27 heavy (non-hydrogen) atoms. The molecule has 0 aromatic carbocycles. The third-order valence-electron chi connectivity index (χ3n) is 5.59. The fourth-order valence-corrected chi connectivity index (χ4v) is 4.14. The zero-order chi connectivity index (χ0) is 18.2. The molecule has 1 unspecified atom stereocenters. The highest BCUT2D eigenvalue weighted by molar-refractivity contribution is 5.73. The normalized spacial score (nSPS) is 23.2. The molecule has 3 aliphatic heterocycles. The molecule has 2 aromatic rings. The number of nitrogens with zero attached hydrogens (tertiary/aromatic N) is 8. The van der Waals surface area contributed by atoms with Gasteiger partial charge in [-0.3, -0.25) is 10.3 Å². The van der Waals surface area contributed by atoms with Gasteiger partial charge in [0.2, 0.25) is 0 Å². The molecule has 1 N–H and O–H groups in total. The van der Waals surface area contributed by atoms with E-state index < -0.39 is 0 Å². The Morgan fingerprint density at radius 1 is 1.11 bits per heavy atom. The minimum absolute atomic E-state index is 0.645. The standard InChI is InChI=1S/C18H23N9/c1-14-16(26-7-5-21-23-26)11-22-27(14)18-10-17(19-13-20-18)25-9-8-24-6-3-2-4-15(24)12-25/h5,7,10-11,13,15,22H,1-4,6,8-9,12H2. The van der Waals surface area contributed by atoms with Gasteiger partial charge in [0.25, 0.3) is 0 Å². The topological polar surface area (TPSA) is 78.2 Å². The number of hydrazine groups is 1. The van der Waals surface area contributed by atoms with Crippen molar-refractivity contribution < 1.29 is 0 Å². The van der Waals surface area contributed by atoms with E-state index >= 15 is 0 Å². The molecule has 0 saturated carbocycles. The fraction of sp³-hybridized carbons (Fsp3) is 0.444. The number of rotatable bonds is 3. The number of piperazine rings is 1. The quantitative estimate of drug-likeness (QED) is 0.866. The summed E-state index contributed by atoms with van der Waals surface area (Å²) in [5.74, 6) is 1.73. The van der Waals surface area contributed by atoms with E-state index in [-0.39, 0.29) is 0 Å². The van der Waals surface area contributed by atoms with Crippen molar-refractivity contribution in [2.45, 2.75) is 25.3 Å². The van der Waals surface area contributed by atoms with Crippen molar-refractivity contribution in [2.24, 2.45) is 0 Å². The SMILES string of the molecule is C=C1C(n2ccnn2)=CNN1c1cc(N2CCN3CCCCC3C2)ncn1. The first-order valence-electron chi connectivity index (χ1n) is 9.43. The van der Waals surface area contributed by atoms with E-state index in [2.05, 4.69) is 42.1 Å². The zero-order valence-electron chi connectivity index (χ0n) is 15.2. The maximum atomic E-state index is 4.53. The van der Waals surface area contributed by atoms with Crippen LogP contribution < -0.4 is 15.3 Å². The van der Waals surface area contributed by atoms with Crippen LogP contribution in [0, 0.1) is 0 Å². The van der Waals surface area contributed by atoms with Gasteiger partial charge in [0.1, 0.15) is 17.8 Å². The van der Waals surface area contributed by atoms with E-state index in [0.717, 1.165) is 42.7 Å². The third-order valence-corrected chi connectivity index (χ3v) is 5.59. The molecule has 0 aliphatic carbocycles. The zero-order valence-corrected chi connectivity index (χ0v) is 15.2. The van der Waals surface area contributed by atoms with Gasteiger partial charge in [-0.15, -0.1) is 5.10 Å². The van der Waals surface area contributed by atoms with Gasteiger partial charge >= 0.3 is 0 Å². The third kappa shape index (κ3) is 2.93. The summed E-state index contributed by atoms with van der Waals surface area (Å²) in [6.45, 7) is 8.56. The van der Waals surface area contributed by atoms with Crippen LogP contribution in [0.3, 0.4) is 0 Å². The number of anilines is 2. The summed E-state index contributed by atoms with van der Waals surface area (Å²) in [5.41, 5.74) is 4.81. The molecule has 140 valence electrons. The predicted molar refractivity (Wildman–Crippen MR) is 103 cm³/mol. The average Bonchev–Trinajstić information content (AvgIpc) is 3.37. The lowest BCUT2D eigenvalue weighted by molar-refractivity contribution is 0.133. The van der Waals surface area contributed by atoms with Crippen LogP contribution >= 0.6 is 0 Å². The Bertz CT molecular complexity index is 859. The molecule has 9 nitrogen and oxygen atoms in total. The van der Waals surface area contributed by atoms with Crippen LogP contribution in [0.4, 0.5) is 11.6 Å². The Kier molecular flexibility index (Phi) is 4.01. The Morgan fingerprint density at radius 3 is 2.93 bits per heavy atom. The van der Waals surface area contributed by atoms with Crippen molar-refractivity contribution in [1.29, 1.82) is 0 Å². The number of hydrogen-bond donors (Lipinski definition) is 1. The summed E-state index contributed by atoms with van der Waals surface area (Å²) in [4.78, 5) is 14.0. The molecular weight excluding hydrogens is 342 g/mol. The van der Waals surface area contributed by atoms with Gasteiger partial charge in [-0.1, -0.05) is 18.2 Å². The molecule has 2 fully saturated rings. The molecule has 0 bridgehead atoms. The van der Waals surface area contributed by atoms with Crippen LogP contribution in [0.15, 0.2) is 43.3 Å². The molecule has 2 saturated heterocycles. The predicted octanol–water partition coefficient (Wildman–Crippen LogP) is 1.08. The van der Waals surface area contributed by atoms with Crippen LogP contribution in [0.5, 0.6) is 0 Å². The smallest absolute Gasteiger partial charge is 0.157 e. The number of nitrogens with one attached hydrogen (secondary N) is 1. The average molecular weight is 365 g/mol. The number of piperidine rings is 1. The van der Waals surface area contributed by atoms with Crippen molar-refractivity contribution >= 4 is 17.3 Å². The van der Waals surface area contributed by atoms with Gasteiger partial charge in [0, 0.05) is 37.9 Å². The lowest BCUT2D eigenvalue weighted by atomic mass is 9.99. The van der Waals surface area contributed by atoms with Gasteiger partial charge in [0.05, 0.1) is 18.1 Å². The van der Waals surface area contributed by atoms with Crippen LogP contribution in [0.1, 0.15) is 19.3 Å². The number of allylic oxidation sites excluding steroid dienone is 1. The van der Waals surface area contributed by atoms with Gasteiger partial charge in [0.15, 0.2) is 5.82 Å². The van der Waals surface area contributed by atoms with E-state index in [9.17, 15) is 0 Å².